The Morgan fingerprint density at radius 3 is 2.70 bits per heavy atom. The number of hydrogen-bond donors (Lipinski definition) is 2. The number of aromatic nitrogens is 4. The minimum Gasteiger partial charge on any atom is -0.495 e. The smallest absolute Gasteiger partial charge is 0.229 e. The molecular formula is C24H33N7O2. The fourth-order valence-electron chi connectivity index (χ4n) is 4.82. The Labute approximate surface area is 194 Å². The third-order valence-corrected chi connectivity index (χ3v) is 6.53. The van der Waals surface area contributed by atoms with Crippen LogP contribution < -0.4 is 15.8 Å². The Hall–Kier alpha value is -3.20. The first kappa shape index (κ1) is 23.0. The molecule has 1 amide bonds. The lowest BCUT2D eigenvalue weighted by atomic mass is 9.96. The molecule has 0 atom stereocenters. The molecule has 3 heterocycles. The highest BCUT2D eigenvalue weighted by molar-refractivity contribution is 5.79. The monoisotopic (exact) mass is 451 g/mol. The summed E-state index contributed by atoms with van der Waals surface area (Å²) >= 11 is 0. The Balaban J connectivity index is 0.000000821. The van der Waals surface area contributed by atoms with Crippen molar-refractivity contribution in [3.05, 3.63) is 35.2 Å². The van der Waals surface area contributed by atoms with Crippen LogP contribution in [0, 0.1) is 6.92 Å². The molecule has 9 nitrogen and oxygen atoms in total. The molecule has 1 aliphatic carbocycles. The molecule has 2 aliphatic rings. The predicted octanol–water partition coefficient (Wildman–Crippen LogP) is 3.48. The molecule has 0 saturated heterocycles. The summed E-state index contributed by atoms with van der Waals surface area (Å²) in [5.74, 6) is 1.42. The quantitative estimate of drug-likeness (QED) is 0.584. The molecule has 1 fully saturated rings. The molecule has 1 saturated carbocycles. The normalized spacial score (nSPS) is 16.6. The van der Waals surface area contributed by atoms with E-state index in [4.69, 9.17) is 19.6 Å². The number of hydrogen-bond acceptors (Lipinski definition) is 7. The SMILES string of the molecule is COc1cc2c(cc1Nc1ncc3c(C)nn(C4CCCCC4)c3n1)CN(C)CC2.NC=O. The van der Waals surface area contributed by atoms with Crippen LogP contribution in [0.25, 0.3) is 11.0 Å². The van der Waals surface area contributed by atoms with E-state index in [0.717, 1.165) is 47.7 Å². The second-order valence-corrected chi connectivity index (χ2v) is 8.82. The van der Waals surface area contributed by atoms with Gasteiger partial charge in [-0.15, -0.1) is 0 Å². The number of rotatable bonds is 4. The summed E-state index contributed by atoms with van der Waals surface area (Å²) in [6.07, 6.45) is 9.40. The van der Waals surface area contributed by atoms with Gasteiger partial charge in [0, 0.05) is 19.3 Å². The number of carbonyl (C=O) groups is 1. The summed E-state index contributed by atoms with van der Waals surface area (Å²) in [5.41, 5.74) is 9.69. The first-order chi connectivity index (χ1) is 16.0. The molecule has 0 bridgehead atoms. The van der Waals surface area contributed by atoms with Gasteiger partial charge in [0.1, 0.15) is 5.75 Å². The Bertz CT molecular complexity index is 1120. The van der Waals surface area contributed by atoms with Crippen LogP contribution in [-0.4, -0.2) is 51.8 Å². The zero-order valence-electron chi connectivity index (χ0n) is 19.7. The number of nitrogens with two attached hydrogens (primary N) is 1. The van der Waals surface area contributed by atoms with Gasteiger partial charge in [-0.3, -0.25) is 4.79 Å². The summed E-state index contributed by atoms with van der Waals surface area (Å²) in [7, 11) is 3.87. The molecule has 5 rings (SSSR count). The van der Waals surface area contributed by atoms with E-state index in [1.807, 2.05) is 13.1 Å². The molecule has 2 aromatic heterocycles. The van der Waals surface area contributed by atoms with Crippen molar-refractivity contribution in [3.8, 4) is 5.75 Å². The van der Waals surface area contributed by atoms with Gasteiger partial charge >= 0.3 is 0 Å². The van der Waals surface area contributed by atoms with E-state index >= 15 is 0 Å². The highest BCUT2D eigenvalue weighted by Crippen LogP contribution is 2.34. The van der Waals surface area contributed by atoms with Crippen LogP contribution in [0.4, 0.5) is 11.6 Å². The van der Waals surface area contributed by atoms with Gasteiger partial charge in [-0.25, -0.2) is 9.67 Å². The number of nitrogens with zero attached hydrogens (tertiary/aromatic N) is 5. The van der Waals surface area contributed by atoms with Crippen LogP contribution in [0.5, 0.6) is 5.75 Å². The van der Waals surface area contributed by atoms with E-state index in [1.54, 1.807) is 7.11 Å². The molecule has 0 radical (unpaired) electrons. The fourth-order valence-corrected chi connectivity index (χ4v) is 4.82. The second-order valence-electron chi connectivity index (χ2n) is 8.82. The van der Waals surface area contributed by atoms with Crippen molar-refractivity contribution < 1.29 is 9.53 Å². The maximum atomic E-state index is 8.58. The van der Waals surface area contributed by atoms with Gasteiger partial charge in [0.25, 0.3) is 0 Å². The zero-order chi connectivity index (χ0) is 23.4. The van der Waals surface area contributed by atoms with Crippen molar-refractivity contribution in [2.24, 2.45) is 5.73 Å². The molecule has 176 valence electrons. The third-order valence-electron chi connectivity index (χ3n) is 6.53. The number of anilines is 2. The average Bonchev–Trinajstić information content (AvgIpc) is 3.15. The number of amides is 1. The first-order valence-corrected chi connectivity index (χ1v) is 11.6. The van der Waals surface area contributed by atoms with Gasteiger partial charge in [0.15, 0.2) is 5.65 Å². The highest BCUT2D eigenvalue weighted by Gasteiger charge is 2.22. The number of methoxy groups -OCH3 is 1. The van der Waals surface area contributed by atoms with Gasteiger partial charge < -0.3 is 20.7 Å². The summed E-state index contributed by atoms with van der Waals surface area (Å²) in [6, 6.07) is 4.77. The van der Waals surface area contributed by atoms with Gasteiger partial charge in [-0.05, 0) is 56.5 Å². The van der Waals surface area contributed by atoms with E-state index < -0.39 is 0 Å². The Morgan fingerprint density at radius 1 is 1.21 bits per heavy atom. The van der Waals surface area contributed by atoms with E-state index in [2.05, 4.69) is 44.8 Å². The molecule has 3 aromatic rings. The second kappa shape index (κ2) is 10.2. The molecule has 9 heteroatoms. The molecule has 1 aromatic carbocycles. The third kappa shape index (κ3) is 4.93. The van der Waals surface area contributed by atoms with Gasteiger partial charge in [0.2, 0.25) is 12.4 Å². The van der Waals surface area contributed by atoms with E-state index in [9.17, 15) is 0 Å². The van der Waals surface area contributed by atoms with Crippen LogP contribution in [0.2, 0.25) is 0 Å². The van der Waals surface area contributed by atoms with Crippen LogP contribution in [0.15, 0.2) is 18.3 Å². The maximum Gasteiger partial charge on any atom is 0.229 e. The van der Waals surface area contributed by atoms with Gasteiger partial charge in [-0.2, -0.15) is 10.1 Å². The van der Waals surface area contributed by atoms with Crippen LogP contribution in [0.3, 0.4) is 0 Å². The standard InChI is InChI=1S/C23H30N6O.CH3NO/c1-15-19-13-24-23(26-22(19)29(27-15)18-7-5-4-6-8-18)25-20-11-17-14-28(2)10-9-16(17)12-21(20)30-3;2-1-3/h11-13,18H,4-10,14H2,1-3H3,(H,24,25,26);1H,(H2,2,3). The predicted molar refractivity (Wildman–Crippen MR) is 129 cm³/mol. The minimum atomic E-state index is 0.250. The van der Waals surface area contributed by atoms with E-state index in [0.29, 0.717) is 12.0 Å². The number of aryl methyl sites for hydroxylation is 1. The van der Waals surface area contributed by atoms with Crippen LogP contribution >= 0.6 is 0 Å². The lowest BCUT2D eigenvalue weighted by Crippen LogP contribution is -2.26. The number of fused-ring (bicyclic) bond motifs is 2. The molecule has 3 N–H and O–H groups in total. The van der Waals surface area contributed by atoms with E-state index in [-0.39, 0.29) is 6.41 Å². The first-order valence-electron chi connectivity index (χ1n) is 11.6. The summed E-state index contributed by atoms with van der Waals surface area (Å²) < 4.78 is 7.81. The molecule has 33 heavy (non-hydrogen) atoms. The molecule has 0 spiro atoms. The number of nitrogens with one attached hydrogen (secondary N) is 1. The zero-order valence-corrected chi connectivity index (χ0v) is 19.7. The highest BCUT2D eigenvalue weighted by atomic mass is 16.5. The topological polar surface area (TPSA) is 111 Å². The lowest BCUT2D eigenvalue weighted by Gasteiger charge is -2.26. The molecular weight excluding hydrogens is 418 g/mol. The Kier molecular flexibility index (Phi) is 7.08. The summed E-state index contributed by atoms with van der Waals surface area (Å²) in [5, 5.41) is 9.26. The maximum absolute atomic E-state index is 8.58. The van der Waals surface area contributed by atoms with Crippen LogP contribution in [-0.2, 0) is 17.8 Å². The number of benzene rings is 1. The molecule has 0 unspecified atom stereocenters. The fraction of sp³-hybridized carbons (Fsp3) is 0.500. The van der Waals surface area contributed by atoms with E-state index in [1.165, 1.54) is 43.2 Å². The van der Waals surface area contributed by atoms with Gasteiger partial charge in [0.05, 0.1) is 29.9 Å². The number of likely N-dealkylation sites (N-methyl/N-ethyl adjacent to an activating group) is 1. The van der Waals surface area contributed by atoms with Crippen molar-refractivity contribution in [2.75, 3.05) is 26.0 Å². The van der Waals surface area contributed by atoms with Crippen molar-refractivity contribution >= 4 is 29.1 Å². The molecule has 1 aliphatic heterocycles. The lowest BCUT2D eigenvalue weighted by molar-refractivity contribution is -0.106. The number of carbonyl (C=O) groups excluding carboxylic acids is 1. The van der Waals surface area contributed by atoms with Crippen molar-refractivity contribution in [3.63, 3.8) is 0 Å². The minimum absolute atomic E-state index is 0.250. The number of ether oxygens (including phenoxy) is 1. The van der Waals surface area contributed by atoms with Crippen molar-refractivity contribution in [2.45, 2.75) is 58.0 Å². The Morgan fingerprint density at radius 2 is 1.97 bits per heavy atom. The van der Waals surface area contributed by atoms with Crippen LogP contribution in [0.1, 0.15) is 55.0 Å². The van der Waals surface area contributed by atoms with Crippen molar-refractivity contribution in [1.82, 2.24) is 24.6 Å². The van der Waals surface area contributed by atoms with Crippen molar-refractivity contribution in [1.29, 1.82) is 0 Å². The average molecular weight is 452 g/mol. The summed E-state index contributed by atoms with van der Waals surface area (Å²) in [6.45, 7) is 4.07. The van der Waals surface area contributed by atoms with Gasteiger partial charge in [-0.1, -0.05) is 19.3 Å². The number of primary amides is 1. The largest absolute Gasteiger partial charge is 0.495 e. The summed E-state index contributed by atoms with van der Waals surface area (Å²) in [4.78, 5) is 20.4.